The second-order valence-electron chi connectivity index (χ2n) is 4.32. The van der Waals surface area contributed by atoms with Crippen molar-refractivity contribution >= 4 is 38.6 Å². The Bertz CT molecular complexity index is 830. The minimum absolute atomic E-state index is 0.123. The smallest absolute Gasteiger partial charge is 0.266 e. The highest BCUT2D eigenvalue weighted by Gasteiger charge is 2.07. The average Bonchev–Trinajstić information content (AvgIpc) is 2.47. The second kappa shape index (κ2) is 5.05. The first-order chi connectivity index (χ1) is 9.65. The quantitative estimate of drug-likeness (QED) is 0.784. The van der Waals surface area contributed by atoms with E-state index in [4.69, 9.17) is 0 Å². The van der Waals surface area contributed by atoms with Crippen LogP contribution in [-0.4, -0.2) is 14.5 Å². The molecule has 0 amide bonds. The van der Waals surface area contributed by atoms with Crippen molar-refractivity contribution in [3.05, 3.63) is 57.4 Å². The van der Waals surface area contributed by atoms with Crippen LogP contribution in [0.4, 0.5) is 11.6 Å². The third-order valence-electron chi connectivity index (χ3n) is 2.93. The van der Waals surface area contributed by atoms with E-state index in [1.165, 1.54) is 4.57 Å². The number of anilines is 2. The van der Waals surface area contributed by atoms with E-state index >= 15 is 0 Å². The zero-order valence-corrected chi connectivity index (χ0v) is 12.3. The molecule has 6 heteroatoms. The molecule has 5 nitrogen and oxygen atoms in total. The summed E-state index contributed by atoms with van der Waals surface area (Å²) in [6.07, 6.45) is 1.69. The monoisotopic (exact) mass is 330 g/mol. The van der Waals surface area contributed by atoms with Crippen molar-refractivity contribution in [1.29, 1.82) is 0 Å². The summed E-state index contributed by atoms with van der Waals surface area (Å²) in [7, 11) is 1.69. The molecule has 0 spiro atoms. The summed E-state index contributed by atoms with van der Waals surface area (Å²) in [5.41, 5.74) is 1.36. The van der Waals surface area contributed by atoms with Crippen LogP contribution in [0.1, 0.15) is 0 Å². The van der Waals surface area contributed by atoms with Gasteiger partial charge in [-0.1, -0.05) is 18.2 Å². The van der Waals surface area contributed by atoms with Crippen molar-refractivity contribution in [1.82, 2.24) is 14.5 Å². The van der Waals surface area contributed by atoms with Crippen LogP contribution in [0.15, 0.2) is 51.9 Å². The van der Waals surface area contributed by atoms with Crippen molar-refractivity contribution < 1.29 is 0 Å². The van der Waals surface area contributed by atoms with Crippen LogP contribution in [0.5, 0.6) is 0 Å². The Morgan fingerprint density at radius 3 is 2.75 bits per heavy atom. The fourth-order valence-electron chi connectivity index (χ4n) is 1.92. The average molecular weight is 331 g/mol. The number of hydrogen-bond donors (Lipinski definition) is 1. The van der Waals surface area contributed by atoms with E-state index in [1.54, 1.807) is 19.3 Å². The normalized spacial score (nSPS) is 10.7. The van der Waals surface area contributed by atoms with E-state index in [2.05, 4.69) is 31.2 Å². The number of pyridine rings is 1. The third kappa shape index (κ3) is 2.30. The molecule has 0 aliphatic heterocycles. The van der Waals surface area contributed by atoms with E-state index in [1.807, 2.05) is 30.3 Å². The molecule has 2 heterocycles. The molecular formula is C14H11BrN4O. The maximum atomic E-state index is 11.9. The maximum absolute atomic E-state index is 11.9. The summed E-state index contributed by atoms with van der Waals surface area (Å²) in [5.74, 6) is 0.459. The molecular weight excluding hydrogens is 320 g/mol. The molecule has 0 atom stereocenters. The Morgan fingerprint density at radius 2 is 2.00 bits per heavy atom. The highest BCUT2D eigenvalue weighted by molar-refractivity contribution is 9.10. The lowest BCUT2D eigenvalue weighted by atomic mass is 10.3. The molecule has 0 radical (unpaired) electrons. The van der Waals surface area contributed by atoms with Gasteiger partial charge in [0.15, 0.2) is 0 Å². The Balaban J connectivity index is 2.09. The van der Waals surface area contributed by atoms with Gasteiger partial charge in [0.25, 0.3) is 5.56 Å². The first-order valence-corrected chi connectivity index (χ1v) is 6.79. The highest BCUT2D eigenvalue weighted by atomic mass is 79.9. The lowest BCUT2D eigenvalue weighted by Gasteiger charge is -2.08. The van der Waals surface area contributed by atoms with Crippen molar-refractivity contribution in [3.63, 3.8) is 0 Å². The first kappa shape index (κ1) is 12.8. The lowest BCUT2D eigenvalue weighted by Crippen LogP contribution is -2.18. The Labute approximate surface area is 123 Å². The van der Waals surface area contributed by atoms with Crippen LogP contribution in [0.3, 0.4) is 0 Å². The van der Waals surface area contributed by atoms with Gasteiger partial charge in [0.05, 0.1) is 4.47 Å². The van der Waals surface area contributed by atoms with Crippen molar-refractivity contribution in [2.75, 3.05) is 5.32 Å². The fraction of sp³-hybridized carbons (Fsp3) is 0.0714. The number of hydrogen-bond acceptors (Lipinski definition) is 4. The molecule has 1 aromatic carbocycles. The molecule has 3 rings (SSSR count). The number of fused-ring (bicyclic) bond motifs is 1. The largest absolute Gasteiger partial charge is 0.324 e. The number of rotatable bonds is 2. The summed E-state index contributed by atoms with van der Waals surface area (Å²) in [5, 5.41) is 3.91. The van der Waals surface area contributed by atoms with Crippen LogP contribution in [0.25, 0.3) is 11.0 Å². The molecule has 0 unspecified atom stereocenters. The van der Waals surface area contributed by atoms with Gasteiger partial charge in [-0.15, -0.1) is 0 Å². The summed E-state index contributed by atoms with van der Waals surface area (Å²) in [4.78, 5) is 20.5. The number of nitrogens with one attached hydrogen (secondary N) is 1. The fourth-order valence-corrected chi connectivity index (χ4v) is 2.43. The Morgan fingerprint density at radius 1 is 1.25 bits per heavy atom. The van der Waals surface area contributed by atoms with Crippen LogP contribution >= 0.6 is 15.9 Å². The van der Waals surface area contributed by atoms with Crippen LogP contribution in [-0.2, 0) is 7.05 Å². The van der Waals surface area contributed by atoms with Gasteiger partial charge in [-0.25, -0.2) is 4.98 Å². The van der Waals surface area contributed by atoms with Gasteiger partial charge in [-0.05, 0) is 34.1 Å². The molecule has 2 aromatic heterocycles. The minimum atomic E-state index is -0.123. The van der Waals surface area contributed by atoms with E-state index in [0.717, 1.165) is 11.1 Å². The van der Waals surface area contributed by atoms with Gasteiger partial charge in [-0.3, -0.25) is 9.36 Å². The highest BCUT2D eigenvalue weighted by Crippen LogP contribution is 2.17. The molecule has 0 aliphatic rings. The van der Waals surface area contributed by atoms with E-state index < -0.39 is 0 Å². The number of benzene rings is 1. The molecule has 100 valence electrons. The third-order valence-corrected chi connectivity index (χ3v) is 3.50. The molecule has 1 N–H and O–H groups in total. The SMILES string of the molecule is Cn1c(=O)c(Br)cc2cnc(Nc3ccccc3)nc21. The Kier molecular flexibility index (Phi) is 3.23. The van der Waals surface area contributed by atoms with Gasteiger partial charge in [0.2, 0.25) is 5.95 Å². The topological polar surface area (TPSA) is 59.8 Å². The predicted octanol–water partition coefficient (Wildman–Crippen LogP) is 2.83. The van der Waals surface area contributed by atoms with E-state index in [-0.39, 0.29) is 5.56 Å². The lowest BCUT2D eigenvalue weighted by molar-refractivity contribution is 0.878. The van der Waals surface area contributed by atoms with E-state index in [0.29, 0.717) is 16.1 Å². The number of halogens is 1. The van der Waals surface area contributed by atoms with Crippen molar-refractivity contribution in [3.8, 4) is 0 Å². The zero-order valence-electron chi connectivity index (χ0n) is 10.7. The minimum Gasteiger partial charge on any atom is -0.324 e. The van der Waals surface area contributed by atoms with Crippen LogP contribution in [0, 0.1) is 0 Å². The number of aryl methyl sites for hydroxylation is 1. The van der Waals surface area contributed by atoms with Crippen molar-refractivity contribution in [2.24, 2.45) is 7.05 Å². The zero-order chi connectivity index (χ0) is 14.1. The van der Waals surface area contributed by atoms with E-state index in [9.17, 15) is 4.79 Å². The molecule has 0 aliphatic carbocycles. The first-order valence-electron chi connectivity index (χ1n) is 5.99. The van der Waals surface area contributed by atoms with Crippen molar-refractivity contribution in [2.45, 2.75) is 0 Å². The molecule has 0 saturated carbocycles. The molecule has 3 aromatic rings. The van der Waals surface area contributed by atoms with Gasteiger partial charge >= 0.3 is 0 Å². The molecule has 0 saturated heterocycles. The Hall–Kier alpha value is -2.21. The van der Waals surface area contributed by atoms with Gasteiger partial charge in [0.1, 0.15) is 5.65 Å². The summed E-state index contributed by atoms with van der Waals surface area (Å²) < 4.78 is 2.00. The number of aromatic nitrogens is 3. The second-order valence-corrected chi connectivity index (χ2v) is 5.17. The number of nitrogens with zero attached hydrogens (tertiary/aromatic N) is 3. The van der Waals surface area contributed by atoms with Crippen LogP contribution < -0.4 is 10.9 Å². The maximum Gasteiger partial charge on any atom is 0.266 e. The number of para-hydroxylation sites is 1. The van der Waals surface area contributed by atoms with Gasteiger partial charge in [-0.2, -0.15) is 4.98 Å². The van der Waals surface area contributed by atoms with Gasteiger partial charge in [0, 0.05) is 24.3 Å². The summed E-state index contributed by atoms with van der Waals surface area (Å²) >= 11 is 3.23. The molecule has 0 fully saturated rings. The predicted molar refractivity (Wildman–Crippen MR) is 82.2 cm³/mol. The van der Waals surface area contributed by atoms with Gasteiger partial charge < -0.3 is 5.32 Å². The summed E-state index contributed by atoms with van der Waals surface area (Å²) in [6, 6.07) is 11.4. The van der Waals surface area contributed by atoms with Crippen LogP contribution in [0.2, 0.25) is 0 Å². The summed E-state index contributed by atoms with van der Waals surface area (Å²) in [6.45, 7) is 0. The standard InChI is InChI=1S/C14H11BrN4O/c1-19-12-9(7-11(15)13(19)20)8-16-14(18-12)17-10-5-3-2-4-6-10/h2-8H,1H3,(H,16,17,18). The molecule has 0 bridgehead atoms. The molecule has 20 heavy (non-hydrogen) atoms.